The van der Waals surface area contributed by atoms with Crippen molar-refractivity contribution < 1.29 is 9.53 Å². The molecule has 0 saturated heterocycles. The molecule has 6 heteroatoms. The smallest absolute Gasteiger partial charge is 0.412 e. The highest BCUT2D eigenvalue weighted by Crippen LogP contribution is 2.50. The minimum absolute atomic E-state index is 0.481. The van der Waals surface area contributed by atoms with Crippen molar-refractivity contribution in [3.63, 3.8) is 0 Å². The number of nitrogens with two attached hydrogens (primary N) is 1. The maximum absolute atomic E-state index is 12.4. The third-order valence-electron chi connectivity index (χ3n) is 5.13. The highest BCUT2D eigenvalue weighted by Gasteiger charge is 2.26. The third kappa shape index (κ3) is 4.14. The quantitative estimate of drug-likeness (QED) is 0.315. The van der Waals surface area contributed by atoms with Gasteiger partial charge >= 0.3 is 6.09 Å². The Bertz CT molecular complexity index is 1150. The maximum Gasteiger partial charge on any atom is 0.412 e. The second-order valence-corrected chi connectivity index (χ2v) is 8.83. The van der Waals surface area contributed by atoms with E-state index in [1.54, 1.807) is 0 Å². The molecule has 160 valence electrons. The number of ether oxygens (including phenoxy) is 1. The summed E-state index contributed by atoms with van der Waals surface area (Å²) in [5.74, 6) is 0. The van der Waals surface area contributed by atoms with Crippen LogP contribution in [0, 0.1) is 13.8 Å². The molecule has 1 heterocycles. The van der Waals surface area contributed by atoms with Crippen LogP contribution in [0.1, 0.15) is 31.9 Å². The normalized spacial score (nSPS) is 12.5. The van der Waals surface area contributed by atoms with Crippen LogP contribution in [-0.4, -0.2) is 11.7 Å². The number of aryl methyl sites for hydroxylation is 2. The summed E-state index contributed by atoms with van der Waals surface area (Å²) in [6.45, 7) is 9.49. The van der Waals surface area contributed by atoms with Gasteiger partial charge in [-0.25, -0.2) is 4.79 Å². The van der Waals surface area contributed by atoms with Crippen molar-refractivity contribution in [3.8, 4) is 0 Å². The number of amides is 1. The Morgan fingerprint density at radius 2 is 1.58 bits per heavy atom. The van der Waals surface area contributed by atoms with Crippen molar-refractivity contribution in [2.45, 2.75) is 40.2 Å². The number of nitrogens with one attached hydrogen (secondary N) is 2. The van der Waals surface area contributed by atoms with Crippen LogP contribution in [0.4, 0.5) is 44.6 Å². The van der Waals surface area contributed by atoms with E-state index < -0.39 is 11.7 Å². The zero-order valence-corrected chi connectivity index (χ0v) is 18.5. The number of carbonyl (C=O) groups excluding carboxylic acids is 1. The molecule has 1 aliphatic rings. The number of nitrogens with zero attached hydrogens (tertiary/aromatic N) is 1. The van der Waals surface area contributed by atoms with Crippen LogP contribution in [-0.2, 0) is 4.74 Å². The van der Waals surface area contributed by atoms with Crippen LogP contribution in [0.2, 0.25) is 0 Å². The van der Waals surface area contributed by atoms with Crippen molar-refractivity contribution in [1.82, 2.24) is 0 Å². The molecule has 3 aromatic carbocycles. The average molecular weight is 417 g/mol. The van der Waals surface area contributed by atoms with Gasteiger partial charge in [-0.05, 0) is 82.1 Å². The summed E-state index contributed by atoms with van der Waals surface area (Å²) in [5.41, 5.74) is 13.9. The largest absolute Gasteiger partial charge is 0.444 e. The SMILES string of the molecule is Cc1cc2c(cc1N)N(c1ccccc1)c1cc(NC(=O)OC(C)(C)C)c(C)cc1N2. The van der Waals surface area contributed by atoms with E-state index in [4.69, 9.17) is 10.5 Å². The Labute approximate surface area is 183 Å². The first-order valence-corrected chi connectivity index (χ1v) is 10.3. The number of rotatable bonds is 2. The van der Waals surface area contributed by atoms with E-state index in [2.05, 4.69) is 33.7 Å². The Hall–Kier alpha value is -3.67. The first-order chi connectivity index (χ1) is 14.6. The molecule has 0 atom stereocenters. The van der Waals surface area contributed by atoms with Crippen LogP contribution in [0.3, 0.4) is 0 Å². The van der Waals surface area contributed by atoms with E-state index in [1.807, 2.05) is 71.0 Å². The van der Waals surface area contributed by atoms with E-state index in [1.165, 1.54) is 0 Å². The van der Waals surface area contributed by atoms with Gasteiger partial charge in [-0.2, -0.15) is 0 Å². The van der Waals surface area contributed by atoms with Gasteiger partial charge in [-0.3, -0.25) is 5.32 Å². The lowest BCUT2D eigenvalue weighted by atomic mass is 10.0. The lowest BCUT2D eigenvalue weighted by molar-refractivity contribution is 0.0636. The lowest BCUT2D eigenvalue weighted by Gasteiger charge is -2.35. The van der Waals surface area contributed by atoms with Crippen molar-refractivity contribution in [2.75, 3.05) is 21.3 Å². The number of benzene rings is 3. The van der Waals surface area contributed by atoms with E-state index in [0.717, 1.165) is 45.3 Å². The predicted molar refractivity (Wildman–Crippen MR) is 128 cm³/mol. The second-order valence-electron chi connectivity index (χ2n) is 8.83. The molecule has 0 aromatic heterocycles. The predicted octanol–water partition coefficient (Wildman–Crippen LogP) is 6.76. The molecule has 0 radical (unpaired) electrons. The Morgan fingerprint density at radius 1 is 0.968 bits per heavy atom. The van der Waals surface area contributed by atoms with Gasteiger partial charge < -0.3 is 20.7 Å². The van der Waals surface area contributed by atoms with Crippen molar-refractivity contribution in [2.24, 2.45) is 0 Å². The van der Waals surface area contributed by atoms with Crippen LogP contribution < -0.4 is 21.3 Å². The minimum atomic E-state index is -0.571. The van der Waals surface area contributed by atoms with Crippen molar-refractivity contribution in [1.29, 1.82) is 0 Å². The molecule has 31 heavy (non-hydrogen) atoms. The first kappa shape index (κ1) is 20.6. The van der Waals surface area contributed by atoms with Gasteiger partial charge in [-0.15, -0.1) is 0 Å². The summed E-state index contributed by atoms with van der Waals surface area (Å²) < 4.78 is 5.44. The van der Waals surface area contributed by atoms with Gasteiger partial charge in [0.1, 0.15) is 5.60 Å². The Morgan fingerprint density at radius 3 is 2.23 bits per heavy atom. The molecule has 0 spiro atoms. The summed E-state index contributed by atoms with van der Waals surface area (Å²) in [6, 6.07) is 18.1. The molecule has 0 saturated carbocycles. The van der Waals surface area contributed by atoms with E-state index in [9.17, 15) is 4.79 Å². The molecule has 1 aliphatic heterocycles. The molecular weight excluding hydrogens is 388 g/mol. The van der Waals surface area contributed by atoms with Gasteiger partial charge in [0.25, 0.3) is 0 Å². The summed E-state index contributed by atoms with van der Waals surface area (Å²) in [4.78, 5) is 14.6. The number of fused-ring (bicyclic) bond motifs is 2. The number of carbonyl (C=O) groups is 1. The number of para-hydroxylation sites is 1. The zero-order chi connectivity index (χ0) is 22.3. The maximum atomic E-state index is 12.4. The number of anilines is 7. The van der Waals surface area contributed by atoms with E-state index >= 15 is 0 Å². The summed E-state index contributed by atoms with van der Waals surface area (Å²) in [6.07, 6.45) is -0.481. The summed E-state index contributed by atoms with van der Waals surface area (Å²) in [5, 5.41) is 6.42. The molecular formula is C25H28N4O2. The summed E-state index contributed by atoms with van der Waals surface area (Å²) >= 11 is 0. The molecule has 3 aromatic rings. The topological polar surface area (TPSA) is 79.6 Å². The Balaban J connectivity index is 1.83. The molecule has 4 N–H and O–H groups in total. The fraction of sp³-hybridized carbons (Fsp3) is 0.240. The third-order valence-corrected chi connectivity index (χ3v) is 5.13. The highest BCUT2D eigenvalue weighted by molar-refractivity contribution is 6.00. The zero-order valence-electron chi connectivity index (χ0n) is 18.5. The van der Waals surface area contributed by atoms with E-state index in [0.29, 0.717) is 5.69 Å². The van der Waals surface area contributed by atoms with E-state index in [-0.39, 0.29) is 0 Å². The highest BCUT2D eigenvalue weighted by atomic mass is 16.6. The number of hydrogen-bond donors (Lipinski definition) is 3. The van der Waals surface area contributed by atoms with Gasteiger partial charge in [-0.1, -0.05) is 18.2 Å². The van der Waals surface area contributed by atoms with Gasteiger partial charge in [0.05, 0.1) is 22.7 Å². The summed E-state index contributed by atoms with van der Waals surface area (Å²) in [7, 11) is 0. The van der Waals surface area contributed by atoms with Crippen LogP contribution >= 0.6 is 0 Å². The molecule has 0 aliphatic carbocycles. The standard InChI is InChI=1S/C25H28N4O2/c1-15-11-20-22(13-18(15)26)29(17-9-7-6-8-10-17)23-14-19(16(2)12-21(23)27-20)28-24(30)31-25(3,4)5/h6-14,27H,26H2,1-5H3,(H,28,30). The average Bonchev–Trinajstić information content (AvgIpc) is 2.68. The molecule has 6 nitrogen and oxygen atoms in total. The Kier molecular flexibility index (Phi) is 5.01. The second kappa shape index (κ2) is 7.54. The molecule has 1 amide bonds. The lowest BCUT2D eigenvalue weighted by Crippen LogP contribution is -2.27. The minimum Gasteiger partial charge on any atom is -0.444 e. The molecule has 4 rings (SSSR count). The molecule has 0 fully saturated rings. The number of hydrogen-bond acceptors (Lipinski definition) is 5. The van der Waals surface area contributed by atoms with Crippen LogP contribution in [0.25, 0.3) is 0 Å². The first-order valence-electron chi connectivity index (χ1n) is 10.3. The molecule has 0 bridgehead atoms. The van der Waals surface area contributed by atoms with Crippen molar-refractivity contribution >= 4 is 45.9 Å². The van der Waals surface area contributed by atoms with Crippen LogP contribution in [0.15, 0.2) is 54.6 Å². The number of nitrogen functional groups attached to an aromatic ring is 1. The monoisotopic (exact) mass is 416 g/mol. The van der Waals surface area contributed by atoms with Crippen molar-refractivity contribution in [3.05, 3.63) is 65.7 Å². The van der Waals surface area contributed by atoms with Gasteiger partial charge in [0.2, 0.25) is 0 Å². The fourth-order valence-corrected chi connectivity index (χ4v) is 3.66. The van der Waals surface area contributed by atoms with Gasteiger partial charge in [0.15, 0.2) is 0 Å². The molecule has 0 unspecified atom stereocenters. The van der Waals surface area contributed by atoms with Crippen LogP contribution in [0.5, 0.6) is 0 Å². The van der Waals surface area contributed by atoms with Gasteiger partial charge in [0, 0.05) is 17.1 Å². The fourth-order valence-electron chi connectivity index (χ4n) is 3.66.